The molecule has 0 atom stereocenters. The Bertz CT molecular complexity index is 132. The third-order valence-corrected chi connectivity index (χ3v) is 6.16. The summed E-state index contributed by atoms with van der Waals surface area (Å²) in [4.78, 5) is 0. The van der Waals surface area contributed by atoms with Crippen LogP contribution in [0, 0.1) is 0 Å². The summed E-state index contributed by atoms with van der Waals surface area (Å²) >= 11 is -0.126. The molecule has 0 fully saturated rings. The molecular weight excluding hydrogens is 243 g/mol. The first-order valence-corrected chi connectivity index (χ1v) is 7.88. The summed E-state index contributed by atoms with van der Waals surface area (Å²) in [7, 11) is 0. The molecule has 1 nitrogen and oxygen atoms in total. The molecule has 1 aliphatic rings. The van der Waals surface area contributed by atoms with Crippen molar-refractivity contribution in [2.75, 3.05) is 13.2 Å². The van der Waals surface area contributed by atoms with E-state index >= 15 is 0 Å². The van der Waals surface area contributed by atoms with Gasteiger partial charge in [0.15, 0.2) is 0 Å². The van der Waals surface area contributed by atoms with E-state index in [0.29, 0.717) is 0 Å². The summed E-state index contributed by atoms with van der Waals surface area (Å²) in [5, 5.41) is 0. The molecule has 0 aliphatic carbocycles. The Kier molecular flexibility index (Phi) is 5.28. The van der Waals surface area contributed by atoms with Crippen LogP contribution < -0.4 is 0 Å². The second-order valence-electron chi connectivity index (χ2n) is 2.83. The topological polar surface area (TPSA) is 9.23 Å². The van der Waals surface area contributed by atoms with Crippen molar-refractivity contribution in [3.63, 3.8) is 0 Å². The summed E-state index contributed by atoms with van der Waals surface area (Å²) < 4.78 is 8.58. The first kappa shape index (κ1) is 9.59. The Balaban J connectivity index is 2.09. The number of hydrogen-bond acceptors (Lipinski definition) is 1. The van der Waals surface area contributed by atoms with Crippen molar-refractivity contribution in [3.8, 4) is 0 Å². The van der Waals surface area contributed by atoms with Gasteiger partial charge < -0.3 is 0 Å². The minimum atomic E-state index is -0.126. The van der Waals surface area contributed by atoms with E-state index in [1.165, 1.54) is 23.7 Å². The van der Waals surface area contributed by atoms with Crippen molar-refractivity contribution in [1.82, 2.24) is 0 Å². The quantitative estimate of drug-likeness (QED) is 0.555. The second-order valence-corrected chi connectivity index (χ2v) is 7.10. The molecule has 0 amide bonds. The summed E-state index contributed by atoms with van der Waals surface area (Å²) in [5.41, 5.74) is 0. The van der Waals surface area contributed by atoms with Gasteiger partial charge in [0.1, 0.15) is 0 Å². The van der Waals surface area contributed by atoms with E-state index in [2.05, 4.69) is 13.0 Å². The molecule has 0 bridgehead atoms. The van der Waals surface area contributed by atoms with Gasteiger partial charge in [-0.3, -0.25) is 0 Å². The van der Waals surface area contributed by atoms with Crippen molar-refractivity contribution in [3.05, 3.63) is 9.67 Å². The van der Waals surface area contributed by atoms with Crippen molar-refractivity contribution in [2.24, 2.45) is 0 Å². The van der Waals surface area contributed by atoms with Crippen molar-refractivity contribution >= 4 is 21.1 Å². The monoisotopic (exact) mass is 260 g/mol. The van der Waals surface area contributed by atoms with Crippen LogP contribution in [0.15, 0.2) is 9.67 Å². The van der Waals surface area contributed by atoms with Crippen molar-refractivity contribution in [1.29, 1.82) is 0 Å². The molecule has 1 aliphatic heterocycles. The third kappa shape index (κ3) is 4.16. The molecule has 0 aromatic carbocycles. The molecule has 0 unspecified atom stereocenters. The van der Waals surface area contributed by atoms with E-state index in [0.717, 1.165) is 13.2 Å². The Morgan fingerprint density at radius 1 is 1.64 bits per heavy atom. The van der Waals surface area contributed by atoms with E-state index in [1.807, 2.05) is 0 Å². The Morgan fingerprint density at radius 2 is 2.55 bits per heavy atom. The van der Waals surface area contributed by atoms with Crippen LogP contribution in [0.5, 0.6) is 0 Å². The molecule has 0 saturated heterocycles. The van der Waals surface area contributed by atoms with Crippen molar-refractivity contribution < 1.29 is 4.74 Å². The van der Waals surface area contributed by atoms with Crippen LogP contribution in [0.1, 0.15) is 26.2 Å². The molecule has 0 saturated carbocycles. The average Bonchev–Trinajstić information content (AvgIpc) is 2.07. The summed E-state index contributed by atoms with van der Waals surface area (Å²) in [5.74, 6) is 0. The molecule has 0 aromatic rings. The molecule has 0 spiro atoms. The Labute approximate surface area is 79.4 Å². The molecular formula is C9H16OSn. The zero-order valence-electron chi connectivity index (χ0n) is 7.23. The van der Waals surface area contributed by atoms with Gasteiger partial charge in [0, 0.05) is 0 Å². The zero-order chi connectivity index (χ0) is 7.94. The van der Waals surface area contributed by atoms with Crippen LogP contribution >= 0.6 is 0 Å². The Morgan fingerprint density at radius 3 is 3.18 bits per heavy atom. The maximum atomic E-state index is 5.26. The summed E-state index contributed by atoms with van der Waals surface area (Å²) in [6, 6.07) is 0. The fraction of sp³-hybridized carbons (Fsp3) is 0.778. The number of hydrogen-bond donors (Lipinski definition) is 0. The van der Waals surface area contributed by atoms with Crippen LogP contribution in [0.2, 0.25) is 4.44 Å². The van der Waals surface area contributed by atoms with Crippen LogP contribution in [-0.4, -0.2) is 34.4 Å². The van der Waals surface area contributed by atoms with Gasteiger partial charge in [-0.1, -0.05) is 0 Å². The van der Waals surface area contributed by atoms with Crippen LogP contribution in [-0.2, 0) is 4.74 Å². The van der Waals surface area contributed by atoms with Gasteiger partial charge in [-0.25, -0.2) is 0 Å². The van der Waals surface area contributed by atoms with Gasteiger partial charge in [0.2, 0.25) is 0 Å². The minimum absolute atomic E-state index is 0.126. The first-order chi connectivity index (χ1) is 5.43. The van der Waals surface area contributed by atoms with Gasteiger partial charge in [-0.2, -0.15) is 0 Å². The van der Waals surface area contributed by atoms with E-state index in [4.69, 9.17) is 4.74 Å². The van der Waals surface area contributed by atoms with Gasteiger partial charge in [-0.15, -0.1) is 0 Å². The SMILES string of the molecule is CCC[CH2][Sn][C]1=CCOCC1. The maximum absolute atomic E-state index is 5.26. The molecule has 0 N–H and O–H groups in total. The van der Waals surface area contributed by atoms with Crippen molar-refractivity contribution in [2.45, 2.75) is 30.6 Å². The number of ether oxygens (including phenoxy) is 1. The average molecular weight is 259 g/mol. The standard InChI is InChI=1S/C5H7O.C4H9.Sn/c1-2-4-6-5-3-1;1-3-4-2;/h2H,3-5H2;1,3-4H2,2H3;. The second kappa shape index (κ2) is 6.06. The summed E-state index contributed by atoms with van der Waals surface area (Å²) in [6.07, 6.45) is 6.39. The molecule has 2 radical (unpaired) electrons. The molecule has 1 heterocycles. The predicted molar refractivity (Wildman–Crippen MR) is 49.0 cm³/mol. The Hall–Kier alpha value is 0.499. The normalized spacial score (nSPS) is 18.1. The van der Waals surface area contributed by atoms with Gasteiger partial charge >= 0.3 is 79.4 Å². The number of rotatable bonds is 4. The third-order valence-electron chi connectivity index (χ3n) is 1.85. The molecule has 62 valence electrons. The van der Waals surface area contributed by atoms with Crippen LogP contribution in [0.4, 0.5) is 0 Å². The van der Waals surface area contributed by atoms with Gasteiger partial charge in [0.05, 0.1) is 0 Å². The van der Waals surface area contributed by atoms with Gasteiger partial charge in [-0.05, 0) is 0 Å². The van der Waals surface area contributed by atoms with Crippen LogP contribution in [0.25, 0.3) is 0 Å². The zero-order valence-corrected chi connectivity index (χ0v) is 10.1. The fourth-order valence-electron chi connectivity index (χ4n) is 1.11. The van der Waals surface area contributed by atoms with E-state index in [9.17, 15) is 0 Å². The number of unbranched alkanes of at least 4 members (excludes halogenated alkanes) is 1. The fourth-order valence-corrected chi connectivity index (χ4v) is 4.99. The first-order valence-electron chi connectivity index (χ1n) is 4.44. The van der Waals surface area contributed by atoms with E-state index in [1.54, 1.807) is 3.59 Å². The molecule has 11 heavy (non-hydrogen) atoms. The molecule has 2 heteroatoms. The molecule has 0 aromatic heterocycles. The predicted octanol–water partition coefficient (Wildman–Crippen LogP) is 2.21. The molecule has 1 rings (SSSR count). The summed E-state index contributed by atoms with van der Waals surface area (Å²) in [6.45, 7) is 4.15. The van der Waals surface area contributed by atoms with Crippen LogP contribution in [0.3, 0.4) is 0 Å². The van der Waals surface area contributed by atoms with E-state index < -0.39 is 0 Å². The van der Waals surface area contributed by atoms with Gasteiger partial charge in [0.25, 0.3) is 0 Å². The van der Waals surface area contributed by atoms with E-state index in [-0.39, 0.29) is 21.1 Å².